The summed E-state index contributed by atoms with van der Waals surface area (Å²) in [5.74, 6) is 1.34. The normalized spacial score (nSPS) is 21.5. The van der Waals surface area contributed by atoms with Crippen LogP contribution in [0.5, 0.6) is 0 Å². The average molecular weight is 434 g/mol. The van der Waals surface area contributed by atoms with Crippen LogP contribution < -0.4 is 0 Å². The molecule has 152 valence electrons. The van der Waals surface area contributed by atoms with Gasteiger partial charge in [0, 0.05) is 42.8 Å². The summed E-state index contributed by atoms with van der Waals surface area (Å²) in [7, 11) is -1.79. The van der Waals surface area contributed by atoms with Gasteiger partial charge in [0.15, 0.2) is 0 Å². The van der Waals surface area contributed by atoms with Crippen LogP contribution in [0.3, 0.4) is 0 Å². The van der Waals surface area contributed by atoms with Gasteiger partial charge < -0.3 is 4.52 Å². The lowest BCUT2D eigenvalue weighted by Crippen LogP contribution is -2.39. The SMILES string of the molecule is Cn1cc(S(=O)(=O)N2CCC3(CC2)C[C@@H]3c2nc(-c3cccc(Cl)c3)no2)cn1. The Morgan fingerprint density at radius 1 is 1.28 bits per heavy atom. The van der Waals surface area contributed by atoms with E-state index in [2.05, 4.69) is 15.2 Å². The molecule has 10 heteroatoms. The minimum absolute atomic E-state index is 0.0547. The van der Waals surface area contributed by atoms with Crippen LogP contribution in [0.15, 0.2) is 46.1 Å². The van der Waals surface area contributed by atoms with E-state index in [0.717, 1.165) is 24.8 Å². The highest BCUT2D eigenvalue weighted by atomic mass is 35.5. The second kappa shape index (κ2) is 6.65. The van der Waals surface area contributed by atoms with Crippen molar-refractivity contribution in [3.63, 3.8) is 0 Å². The van der Waals surface area contributed by atoms with E-state index in [1.54, 1.807) is 23.5 Å². The van der Waals surface area contributed by atoms with Gasteiger partial charge in [-0.1, -0.05) is 28.9 Å². The van der Waals surface area contributed by atoms with Crippen molar-refractivity contribution < 1.29 is 12.9 Å². The Kier molecular flexibility index (Phi) is 4.30. The molecule has 0 N–H and O–H groups in total. The van der Waals surface area contributed by atoms with Crippen molar-refractivity contribution >= 4 is 21.6 Å². The lowest BCUT2D eigenvalue weighted by molar-refractivity contribution is 0.242. The molecule has 1 aromatic carbocycles. The van der Waals surface area contributed by atoms with E-state index in [0.29, 0.717) is 29.8 Å². The summed E-state index contributed by atoms with van der Waals surface area (Å²) in [4.78, 5) is 4.81. The van der Waals surface area contributed by atoms with Crippen molar-refractivity contribution in [2.45, 2.75) is 30.1 Å². The van der Waals surface area contributed by atoms with E-state index in [9.17, 15) is 8.42 Å². The molecule has 1 aliphatic carbocycles. The Bertz CT molecular complexity index is 1160. The van der Waals surface area contributed by atoms with Crippen molar-refractivity contribution in [2.75, 3.05) is 13.1 Å². The lowest BCUT2D eigenvalue weighted by Gasteiger charge is -2.31. The first-order valence-electron chi connectivity index (χ1n) is 9.46. The number of hydrogen-bond acceptors (Lipinski definition) is 6. The zero-order chi connectivity index (χ0) is 20.2. The number of piperidine rings is 1. The van der Waals surface area contributed by atoms with E-state index in [1.165, 1.54) is 17.1 Å². The first-order chi connectivity index (χ1) is 13.9. The Hall–Kier alpha value is -2.23. The lowest BCUT2D eigenvalue weighted by atomic mass is 9.92. The minimum atomic E-state index is -3.50. The third-order valence-corrected chi connectivity index (χ3v) is 8.14. The predicted octanol–water partition coefficient (Wildman–Crippen LogP) is 3.08. The number of aromatic nitrogens is 4. The summed E-state index contributed by atoms with van der Waals surface area (Å²) in [6, 6.07) is 7.35. The molecule has 29 heavy (non-hydrogen) atoms. The Labute approximate surface area is 173 Å². The van der Waals surface area contributed by atoms with E-state index < -0.39 is 10.0 Å². The second-order valence-corrected chi connectivity index (χ2v) is 10.2. The van der Waals surface area contributed by atoms with Gasteiger partial charge in [0.1, 0.15) is 4.90 Å². The fraction of sp³-hybridized carbons (Fsp3) is 0.421. The predicted molar refractivity (Wildman–Crippen MR) is 106 cm³/mol. The molecule has 1 spiro atoms. The summed E-state index contributed by atoms with van der Waals surface area (Å²) in [6.07, 6.45) is 5.45. The van der Waals surface area contributed by atoms with Gasteiger partial charge >= 0.3 is 0 Å². The molecule has 0 bridgehead atoms. The molecule has 2 aliphatic rings. The topological polar surface area (TPSA) is 94.1 Å². The monoisotopic (exact) mass is 433 g/mol. The second-order valence-electron chi connectivity index (χ2n) is 7.84. The summed E-state index contributed by atoms with van der Waals surface area (Å²) in [6.45, 7) is 0.978. The van der Waals surface area contributed by atoms with Gasteiger partial charge in [-0.15, -0.1) is 0 Å². The molecule has 3 aromatic rings. The van der Waals surface area contributed by atoms with Crippen molar-refractivity contribution in [1.29, 1.82) is 0 Å². The Morgan fingerprint density at radius 2 is 2.07 bits per heavy atom. The largest absolute Gasteiger partial charge is 0.339 e. The highest BCUT2D eigenvalue weighted by Gasteiger charge is 2.59. The van der Waals surface area contributed by atoms with E-state index >= 15 is 0 Å². The number of halogens is 1. The van der Waals surface area contributed by atoms with Gasteiger partial charge in [0.25, 0.3) is 0 Å². The van der Waals surface area contributed by atoms with Crippen LogP contribution >= 0.6 is 11.6 Å². The van der Waals surface area contributed by atoms with Gasteiger partial charge in [0.2, 0.25) is 21.7 Å². The van der Waals surface area contributed by atoms with Gasteiger partial charge in [0.05, 0.1) is 6.20 Å². The molecule has 2 aromatic heterocycles. The highest BCUT2D eigenvalue weighted by Crippen LogP contribution is 2.64. The Balaban J connectivity index is 1.28. The van der Waals surface area contributed by atoms with Crippen LogP contribution in [0.1, 0.15) is 31.1 Å². The third-order valence-electron chi connectivity index (χ3n) is 6.05. The van der Waals surface area contributed by atoms with Crippen LogP contribution in [0, 0.1) is 5.41 Å². The van der Waals surface area contributed by atoms with Crippen molar-refractivity contribution in [1.82, 2.24) is 24.2 Å². The number of hydrogen-bond donors (Lipinski definition) is 0. The van der Waals surface area contributed by atoms with Crippen LogP contribution in [0.4, 0.5) is 0 Å². The van der Waals surface area contributed by atoms with Crippen molar-refractivity contribution in [2.24, 2.45) is 12.5 Å². The van der Waals surface area contributed by atoms with Crippen molar-refractivity contribution in [3.8, 4) is 11.4 Å². The molecule has 1 atom stereocenters. The first kappa shape index (κ1) is 18.8. The zero-order valence-electron chi connectivity index (χ0n) is 15.8. The molecule has 8 nitrogen and oxygen atoms in total. The summed E-state index contributed by atoms with van der Waals surface area (Å²) >= 11 is 6.04. The quantitative estimate of drug-likeness (QED) is 0.627. The molecule has 0 radical (unpaired) electrons. The van der Waals surface area contributed by atoms with Gasteiger partial charge in [-0.3, -0.25) is 4.68 Å². The summed E-state index contributed by atoms with van der Waals surface area (Å²) < 4.78 is 34.2. The molecule has 0 unspecified atom stereocenters. The van der Waals surface area contributed by atoms with Crippen LogP contribution in [-0.4, -0.2) is 45.7 Å². The number of sulfonamides is 1. The number of nitrogens with zero attached hydrogens (tertiary/aromatic N) is 5. The van der Waals surface area contributed by atoms with Crippen LogP contribution in [0.25, 0.3) is 11.4 Å². The maximum atomic E-state index is 12.8. The average Bonchev–Trinajstić information content (AvgIpc) is 3.06. The van der Waals surface area contributed by atoms with Gasteiger partial charge in [-0.2, -0.15) is 14.4 Å². The standard InChI is InChI=1S/C19H20ClN5O3S/c1-24-12-15(11-21-24)29(26,27)25-7-5-19(6-8-25)10-16(19)18-22-17(23-28-18)13-3-2-4-14(20)9-13/h2-4,9,11-12,16H,5-8,10H2,1H3/t16-/m1/s1. The number of rotatable bonds is 4. The molecule has 1 saturated heterocycles. The number of benzene rings is 1. The molecule has 3 heterocycles. The highest BCUT2D eigenvalue weighted by molar-refractivity contribution is 7.89. The summed E-state index contributed by atoms with van der Waals surface area (Å²) in [5, 5.41) is 8.70. The first-order valence-corrected chi connectivity index (χ1v) is 11.3. The molecule has 0 amide bonds. The maximum absolute atomic E-state index is 12.8. The van der Waals surface area contributed by atoms with Crippen LogP contribution in [0.2, 0.25) is 5.02 Å². The molecule has 2 fully saturated rings. The van der Waals surface area contributed by atoms with E-state index in [-0.39, 0.29) is 16.2 Å². The van der Waals surface area contributed by atoms with E-state index in [4.69, 9.17) is 16.1 Å². The third kappa shape index (κ3) is 3.27. The van der Waals surface area contributed by atoms with E-state index in [1.807, 2.05) is 12.1 Å². The molecule has 1 aliphatic heterocycles. The Morgan fingerprint density at radius 3 is 2.76 bits per heavy atom. The van der Waals surface area contributed by atoms with Gasteiger partial charge in [-0.05, 0) is 36.8 Å². The summed E-state index contributed by atoms with van der Waals surface area (Å²) in [5.41, 5.74) is 0.874. The fourth-order valence-corrected chi connectivity index (χ4v) is 5.84. The molecule has 5 rings (SSSR count). The minimum Gasteiger partial charge on any atom is -0.339 e. The molecular formula is C19H20ClN5O3S. The zero-order valence-corrected chi connectivity index (χ0v) is 17.4. The maximum Gasteiger partial charge on any atom is 0.246 e. The molecular weight excluding hydrogens is 414 g/mol. The van der Waals surface area contributed by atoms with Crippen molar-refractivity contribution in [3.05, 3.63) is 47.6 Å². The molecule has 1 saturated carbocycles. The van der Waals surface area contributed by atoms with Crippen LogP contribution in [-0.2, 0) is 17.1 Å². The van der Waals surface area contributed by atoms with Gasteiger partial charge in [-0.25, -0.2) is 8.42 Å². The number of aryl methyl sites for hydroxylation is 1. The smallest absolute Gasteiger partial charge is 0.246 e. The fourth-order valence-electron chi connectivity index (χ4n) is 4.22.